The van der Waals surface area contributed by atoms with Gasteiger partial charge in [-0.3, -0.25) is 0 Å². The largest absolute Gasteiger partial charge is 0.0625 e. The summed E-state index contributed by atoms with van der Waals surface area (Å²) in [7, 11) is 0. The van der Waals surface area contributed by atoms with Gasteiger partial charge in [0, 0.05) is 0 Å². The summed E-state index contributed by atoms with van der Waals surface area (Å²) in [6, 6.07) is 0. The lowest BCUT2D eigenvalue weighted by Gasteiger charge is -2.22. The van der Waals surface area contributed by atoms with E-state index < -0.39 is 0 Å². The van der Waals surface area contributed by atoms with Crippen molar-refractivity contribution in [2.45, 2.75) is 74.1 Å². The van der Waals surface area contributed by atoms with Crippen molar-refractivity contribution in [1.82, 2.24) is 0 Å². The Labute approximate surface area is 97.8 Å². The highest BCUT2D eigenvalue weighted by Crippen LogP contribution is 2.27. The summed E-state index contributed by atoms with van der Waals surface area (Å²) in [5.41, 5.74) is 0.512. The van der Waals surface area contributed by atoms with E-state index in [1.165, 1.54) is 25.7 Å². The van der Waals surface area contributed by atoms with Crippen LogP contribution in [-0.4, -0.2) is 0 Å². The summed E-state index contributed by atoms with van der Waals surface area (Å²) in [6.45, 7) is 16.5. The molecular formula is C15H32. The lowest BCUT2D eigenvalue weighted by Crippen LogP contribution is -2.10. The van der Waals surface area contributed by atoms with Crippen LogP contribution in [-0.2, 0) is 0 Å². The fraction of sp³-hybridized carbons (Fsp3) is 1.00. The maximum absolute atomic E-state index is 2.42. The predicted molar refractivity (Wildman–Crippen MR) is 71.1 cm³/mol. The Hall–Kier alpha value is 0. The second-order valence-corrected chi connectivity index (χ2v) is 7.00. The normalized spacial score (nSPS) is 16.8. The quantitative estimate of drug-likeness (QED) is 0.543. The SMILES string of the molecule is CC(CCC(C)C(C)C)CCC(C)(C)C. The maximum atomic E-state index is 2.42. The number of rotatable bonds is 6. The first-order valence-electron chi connectivity index (χ1n) is 6.72. The molecule has 92 valence electrons. The van der Waals surface area contributed by atoms with Crippen LogP contribution in [0.3, 0.4) is 0 Å². The number of hydrogen-bond acceptors (Lipinski definition) is 0. The molecule has 15 heavy (non-hydrogen) atoms. The molecule has 0 aliphatic rings. The van der Waals surface area contributed by atoms with Gasteiger partial charge in [0.15, 0.2) is 0 Å². The molecule has 0 radical (unpaired) electrons. The molecule has 0 saturated carbocycles. The molecule has 0 spiro atoms. The molecule has 0 amide bonds. The molecule has 0 fully saturated rings. The van der Waals surface area contributed by atoms with Crippen molar-refractivity contribution >= 4 is 0 Å². The highest BCUT2D eigenvalue weighted by Gasteiger charge is 2.14. The molecule has 0 heterocycles. The van der Waals surface area contributed by atoms with Crippen molar-refractivity contribution in [2.75, 3.05) is 0 Å². The molecule has 0 bridgehead atoms. The van der Waals surface area contributed by atoms with E-state index in [1.807, 2.05) is 0 Å². The molecule has 0 nitrogen and oxygen atoms in total. The van der Waals surface area contributed by atoms with E-state index in [2.05, 4.69) is 48.5 Å². The Bertz CT molecular complexity index is 150. The molecular weight excluding hydrogens is 180 g/mol. The van der Waals surface area contributed by atoms with E-state index in [0.29, 0.717) is 5.41 Å². The Morgan fingerprint density at radius 2 is 1.33 bits per heavy atom. The first-order chi connectivity index (χ1) is 6.72. The Morgan fingerprint density at radius 1 is 0.800 bits per heavy atom. The van der Waals surface area contributed by atoms with Crippen molar-refractivity contribution in [1.29, 1.82) is 0 Å². The van der Waals surface area contributed by atoms with Crippen molar-refractivity contribution < 1.29 is 0 Å². The van der Waals surface area contributed by atoms with Gasteiger partial charge in [0.05, 0.1) is 0 Å². The monoisotopic (exact) mass is 212 g/mol. The first-order valence-corrected chi connectivity index (χ1v) is 6.72. The van der Waals surface area contributed by atoms with Crippen molar-refractivity contribution in [3.63, 3.8) is 0 Å². The van der Waals surface area contributed by atoms with Gasteiger partial charge in [0.1, 0.15) is 0 Å². The van der Waals surface area contributed by atoms with E-state index in [4.69, 9.17) is 0 Å². The van der Waals surface area contributed by atoms with Crippen LogP contribution in [0, 0.1) is 23.2 Å². The molecule has 0 N–H and O–H groups in total. The van der Waals surface area contributed by atoms with Gasteiger partial charge < -0.3 is 0 Å². The Morgan fingerprint density at radius 3 is 1.73 bits per heavy atom. The first kappa shape index (κ1) is 15.0. The second-order valence-electron chi connectivity index (χ2n) is 7.00. The predicted octanol–water partition coefficient (Wildman–Crippen LogP) is 5.52. The average Bonchev–Trinajstić information content (AvgIpc) is 2.09. The summed E-state index contributed by atoms with van der Waals surface area (Å²) in [6.07, 6.45) is 5.58. The maximum Gasteiger partial charge on any atom is -0.0383 e. The Kier molecular flexibility index (Phi) is 6.55. The summed E-state index contributed by atoms with van der Waals surface area (Å²) in [5, 5.41) is 0. The zero-order valence-electron chi connectivity index (χ0n) is 12.1. The second kappa shape index (κ2) is 6.55. The van der Waals surface area contributed by atoms with Crippen molar-refractivity contribution in [3.05, 3.63) is 0 Å². The third kappa shape index (κ3) is 8.96. The van der Waals surface area contributed by atoms with E-state index in [-0.39, 0.29) is 0 Å². The molecule has 0 aromatic rings. The fourth-order valence-corrected chi connectivity index (χ4v) is 1.70. The molecule has 0 aliphatic carbocycles. The zero-order valence-corrected chi connectivity index (χ0v) is 12.1. The van der Waals surface area contributed by atoms with Gasteiger partial charge in [-0.05, 0) is 29.6 Å². The molecule has 0 aromatic heterocycles. The van der Waals surface area contributed by atoms with Crippen LogP contribution in [0.4, 0.5) is 0 Å². The average molecular weight is 212 g/mol. The van der Waals surface area contributed by atoms with E-state index >= 15 is 0 Å². The van der Waals surface area contributed by atoms with Crippen LogP contribution in [0.15, 0.2) is 0 Å². The summed E-state index contributed by atoms with van der Waals surface area (Å²) < 4.78 is 0. The Balaban J connectivity index is 3.62. The van der Waals surface area contributed by atoms with E-state index in [9.17, 15) is 0 Å². The lowest BCUT2D eigenvalue weighted by atomic mass is 9.84. The fourth-order valence-electron chi connectivity index (χ4n) is 1.70. The minimum atomic E-state index is 0.512. The molecule has 0 heteroatoms. The van der Waals surface area contributed by atoms with E-state index in [1.54, 1.807) is 0 Å². The molecule has 0 rings (SSSR count). The smallest absolute Gasteiger partial charge is 0.0383 e. The lowest BCUT2D eigenvalue weighted by molar-refractivity contribution is 0.297. The van der Waals surface area contributed by atoms with Crippen molar-refractivity contribution in [3.8, 4) is 0 Å². The summed E-state index contributed by atoms with van der Waals surface area (Å²) in [4.78, 5) is 0. The van der Waals surface area contributed by atoms with Gasteiger partial charge in [-0.2, -0.15) is 0 Å². The van der Waals surface area contributed by atoms with Crippen LogP contribution in [0.5, 0.6) is 0 Å². The van der Waals surface area contributed by atoms with E-state index in [0.717, 1.165) is 17.8 Å². The summed E-state index contributed by atoms with van der Waals surface area (Å²) >= 11 is 0. The standard InChI is InChI=1S/C15H32/c1-12(2)14(4)9-8-13(3)10-11-15(5,6)7/h12-14H,8-11H2,1-7H3. The third-order valence-electron chi connectivity index (χ3n) is 3.64. The highest BCUT2D eigenvalue weighted by molar-refractivity contribution is 4.66. The van der Waals surface area contributed by atoms with Gasteiger partial charge in [0.2, 0.25) is 0 Å². The van der Waals surface area contributed by atoms with Gasteiger partial charge in [0.25, 0.3) is 0 Å². The molecule has 2 unspecified atom stereocenters. The minimum absolute atomic E-state index is 0.512. The van der Waals surface area contributed by atoms with Crippen LogP contribution in [0.1, 0.15) is 74.1 Å². The summed E-state index contributed by atoms with van der Waals surface area (Å²) in [5.74, 6) is 2.65. The number of hydrogen-bond donors (Lipinski definition) is 0. The molecule has 2 atom stereocenters. The van der Waals surface area contributed by atoms with Crippen molar-refractivity contribution in [2.24, 2.45) is 23.2 Å². The zero-order chi connectivity index (χ0) is 12.1. The topological polar surface area (TPSA) is 0 Å². The van der Waals surface area contributed by atoms with Crippen LogP contribution in [0.25, 0.3) is 0 Å². The molecule has 0 saturated heterocycles. The minimum Gasteiger partial charge on any atom is -0.0625 e. The van der Waals surface area contributed by atoms with Gasteiger partial charge in [-0.25, -0.2) is 0 Å². The molecule has 0 aliphatic heterocycles. The molecule has 0 aromatic carbocycles. The van der Waals surface area contributed by atoms with Gasteiger partial charge >= 0.3 is 0 Å². The van der Waals surface area contributed by atoms with Crippen LogP contribution in [0.2, 0.25) is 0 Å². The highest BCUT2D eigenvalue weighted by atomic mass is 14.2. The van der Waals surface area contributed by atoms with Gasteiger partial charge in [-0.1, -0.05) is 67.7 Å². The van der Waals surface area contributed by atoms with Crippen LogP contribution < -0.4 is 0 Å². The third-order valence-corrected chi connectivity index (χ3v) is 3.64. The van der Waals surface area contributed by atoms with Crippen LogP contribution >= 0.6 is 0 Å². The van der Waals surface area contributed by atoms with Gasteiger partial charge in [-0.15, -0.1) is 0 Å².